The molecule has 0 aliphatic rings. The second-order valence-electron chi connectivity index (χ2n) is 4.28. The third-order valence-electron chi connectivity index (χ3n) is 2.75. The Balaban J connectivity index is 1.90. The van der Waals surface area contributed by atoms with Crippen LogP contribution in [0.4, 0.5) is 8.78 Å². The van der Waals surface area contributed by atoms with Crippen LogP contribution in [0.2, 0.25) is 0 Å². The quantitative estimate of drug-likeness (QED) is 0.841. The van der Waals surface area contributed by atoms with Gasteiger partial charge in [0.05, 0.1) is 0 Å². The van der Waals surface area contributed by atoms with E-state index in [9.17, 15) is 8.78 Å². The lowest BCUT2D eigenvalue weighted by molar-refractivity contribution is 0.151. The molecule has 2 rings (SSSR count). The van der Waals surface area contributed by atoms with E-state index in [1.807, 2.05) is 30.3 Å². The molecule has 0 aliphatic heterocycles. The van der Waals surface area contributed by atoms with Gasteiger partial charge < -0.3 is 5.32 Å². The van der Waals surface area contributed by atoms with Gasteiger partial charge in [-0.3, -0.25) is 0 Å². The molecular formula is C15H14BrF2N. The van der Waals surface area contributed by atoms with Crippen molar-refractivity contribution < 1.29 is 8.78 Å². The Labute approximate surface area is 119 Å². The summed E-state index contributed by atoms with van der Waals surface area (Å²) in [4.78, 5) is 0. The minimum atomic E-state index is -2.41. The van der Waals surface area contributed by atoms with Gasteiger partial charge in [0.2, 0.25) is 0 Å². The maximum Gasteiger partial charge on any atom is 0.263 e. The molecule has 0 atom stereocenters. The number of benzene rings is 2. The predicted octanol–water partition coefficient (Wildman–Crippen LogP) is 4.68. The summed E-state index contributed by atoms with van der Waals surface area (Å²) in [6, 6.07) is 14.5. The zero-order valence-electron chi connectivity index (χ0n) is 10.2. The Kier molecular flexibility index (Phi) is 5.05. The molecule has 0 radical (unpaired) electrons. The highest BCUT2D eigenvalue weighted by atomic mass is 79.9. The largest absolute Gasteiger partial charge is 0.309 e. The second kappa shape index (κ2) is 6.78. The zero-order chi connectivity index (χ0) is 13.7. The molecule has 0 saturated heterocycles. The Morgan fingerprint density at radius 1 is 0.947 bits per heavy atom. The van der Waals surface area contributed by atoms with Gasteiger partial charge in [-0.05, 0) is 29.3 Å². The van der Waals surface area contributed by atoms with Crippen molar-refractivity contribution in [2.24, 2.45) is 0 Å². The number of alkyl halides is 2. The van der Waals surface area contributed by atoms with Crippen molar-refractivity contribution in [3.05, 3.63) is 69.7 Å². The van der Waals surface area contributed by atoms with E-state index >= 15 is 0 Å². The summed E-state index contributed by atoms with van der Waals surface area (Å²) in [6.07, 6.45) is -2.41. The van der Waals surface area contributed by atoms with Gasteiger partial charge in [-0.2, -0.15) is 0 Å². The van der Waals surface area contributed by atoms with E-state index in [1.165, 1.54) is 6.07 Å². The van der Waals surface area contributed by atoms with E-state index in [4.69, 9.17) is 0 Å². The molecule has 0 bridgehead atoms. The number of hydrogen-bond acceptors (Lipinski definition) is 1. The smallest absolute Gasteiger partial charge is 0.263 e. The van der Waals surface area contributed by atoms with Crippen LogP contribution in [0, 0.1) is 0 Å². The lowest BCUT2D eigenvalue weighted by Gasteiger charge is -2.07. The molecule has 1 N–H and O–H groups in total. The molecule has 0 heterocycles. The molecule has 1 nitrogen and oxygen atoms in total. The number of hydrogen-bond donors (Lipinski definition) is 1. The summed E-state index contributed by atoms with van der Waals surface area (Å²) in [5.41, 5.74) is 2.09. The topological polar surface area (TPSA) is 12.0 Å². The van der Waals surface area contributed by atoms with Crippen LogP contribution in [0.25, 0.3) is 0 Å². The van der Waals surface area contributed by atoms with Crippen LogP contribution in [-0.4, -0.2) is 0 Å². The van der Waals surface area contributed by atoms with Crippen LogP contribution in [0.5, 0.6) is 0 Å². The summed E-state index contributed by atoms with van der Waals surface area (Å²) < 4.78 is 26.1. The summed E-state index contributed by atoms with van der Waals surface area (Å²) >= 11 is 3.41. The van der Waals surface area contributed by atoms with E-state index in [0.29, 0.717) is 13.1 Å². The predicted molar refractivity (Wildman–Crippen MR) is 76.1 cm³/mol. The van der Waals surface area contributed by atoms with Crippen molar-refractivity contribution in [1.82, 2.24) is 5.32 Å². The molecule has 19 heavy (non-hydrogen) atoms. The second-order valence-corrected chi connectivity index (χ2v) is 5.19. The number of nitrogens with one attached hydrogen (secondary N) is 1. The molecule has 2 aromatic rings. The van der Waals surface area contributed by atoms with Crippen LogP contribution in [0.3, 0.4) is 0 Å². The molecule has 0 amide bonds. The summed E-state index contributed by atoms with van der Waals surface area (Å²) in [5, 5.41) is 3.25. The Hall–Kier alpha value is -1.26. The fourth-order valence-corrected chi connectivity index (χ4v) is 2.28. The number of halogens is 3. The molecule has 0 aliphatic carbocycles. The van der Waals surface area contributed by atoms with Crippen molar-refractivity contribution in [2.75, 3.05) is 0 Å². The first-order valence-corrected chi connectivity index (χ1v) is 6.76. The molecule has 0 fully saturated rings. The Morgan fingerprint density at radius 3 is 2.21 bits per heavy atom. The van der Waals surface area contributed by atoms with Crippen molar-refractivity contribution in [3.8, 4) is 0 Å². The van der Waals surface area contributed by atoms with Gasteiger partial charge in [-0.15, -0.1) is 0 Å². The average Bonchev–Trinajstić information content (AvgIpc) is 2.39. The molecular weight excluding hydrogens is 312 g/mol. The average molecular weight is 326 g/mol. The van der Waals surface area contributed by atoms with Crippen LogP contribution in [0.15, 0.2) is 53.0 Å². The molecule has 0 saturated carbocycles. The van der Waals surface area contributed by atoms with Crippen molar-refractivity contribution >= 4 is 15.9 Å². The minimum Gasteiger partial charge on any atom is -0.309 e. The molecule has 0 spiro atoms. The lowest BCUT2D eigenvalue weighted by Crippen LogP contribution is -2.12. The highest BCUT2D eigenvalue weighted by molar-refractivity contribution is 9.10. The Bertz CT molecular complexity index is 543. The van der Waals surface area contributed by atoms with Crippen LogP contribution >= 0.6 is 15.9 Å². The van der Waals surface area contributed by atoms with Gasteiger partial charge in [-0.25, -0.2) is 8.78 Å². The lowest BCUT2D eigenvalue weighted by atomic mass is 10.1. The third-order valence-corrected chi connectivity index (χ3v) is 3.24. The van der Waals surface area contributed by atoms with E-state index in [2.05, 4.69) is 21.2 Å². The monoisotopic (exact) mass is 325 g/mol. The van der Waals surface area contributed by atoms with Gasteiger partial charge in [0, 0.05) is 23.1 Å². The van der Waals surface area contributed by atoms with E-state index < -0.39 is 6.43 Å². The third kappa shape index (κ3) is 4.40. The van der Waals surface area contributed by atoms with Crippen LogP contribution in [0.1, 0.15) is 23.1 Å². The van der Waals surface area contributed by atoms with Gasteiger partial charge in [-0.1, -0.05) is 46.3 Å². The number of rotatable bonds is 5. The maximum absolute atomic E-state index is 12.6. The summed E-state index contributed by atoms with van der Waals surface area (Å²) in [5.74, 6) is 0. The van der Waals surface area contributed by atoms with E-state index in [1.54, 1.807) is 12.1 Å². The fraction of sp³-hybridized carbons (Fsp3) is 0.200. The van der Waals surface area contributed by atoms with Crippen LogP contribution < -0.4 is 5.32 Å². The normalized spacial score (nSPS) is 10.9. The summed E-state index contributed by atoms with van der Waals surface area (Å²) in [6.45, 7) is 1.28. The maximum atomic E-state index is 12.6. The van der Waals surface area contributed by atoms with Crippen LogP contribution in [-0.2, 0) is 13.1 Å². The van der Waals surface area contributed by atoms with Gasteiger partial charge in [0.1, 0.15) is 0 Å². The van der Waals surface area contributed by atoms with Crippen molar-refractivity contribution in [2.45, 2.75) is 19.5 Å². The van der Waals surface area contributed by atoms with Crippen molar-refractivity contribution in [1.29, 1.82) is 0 Å². The van der Waals surface area contributed by atoms with Gasteiger partial charge >= 0.3 is 0 Å². The van der Waals surface area contributed by atoms with E-state index in [-0.39, 0.29) is 5.56 Å². The molecule has 0 unspecified atom stereocenters. The van der Waals surface area contributed by atoms with Crippen molar-refractivity contribution in [3.63, 3.8) is 0 Å². The molecule has 4 heteroatoms. The Morgan fingerprint density at radius 2 is 1.58 bits per heavy atom. The first-order chi connectivity index (χ1) is 9.15. The highest BCUT2D eigenvalue weighted by Gasteiger charge is 2.06. The van der Waals surface area contributed by atoms with Gasteiger partial charge in [0.25, 0.3) is 6.43 Å². The molecule has 2 aromatic carbocycles. The zero-order valence-corrected chi connectivity index (χ0v) is 11.8. The molecule has 0 aromatic heterocycles. The van der Waals surface area contributed by atoms with E-state index in [0.717, 1.165) is 15.6 Å². The molecule has 100 valence electrons. The first kappa shape index (κ1) is 14.2. The fourth-order valence-electron chi connectivity index (χ4n) is 1.84. The van der Waals surface area contributed by atoms with Gasteiger partial charge in [0.15, 0.2) is 0 Å². The summed E-state index contributed by atoms with van der Waals surface area (Å²) in [7, 11) is 0. The highest BCUT2D eigenvalue weighted by Crippen LogP contribution is 2.19. The SMILES string of the molecule is FC(F)c1cccc(CNCc2cccc(Br)c2)c1. The standard InChI is InChI=1S/C15H14BrF2N/c16-14-6-2-4-12(8-14)10-19-9-11-3-1-5-13(7-11)15(17)18/h1-8,15,19H,9-10H2. The first-order valence-electron chi connectivity index (χ1n) is 5.97. The minimum absolute atomic E-state index is 0.0711.